The SMILES string of the molecule is Cc1ccccc1CSc1nnc(CNC(=O)Nc2ccc(Cl)c(Cl)c2)n1-c1ccc([N+](=O)[O-])cc1. The number of nitrogens with zero attached hydrogens (tertiary/aromatic N) is 4. The van der Waals surface area contributed by atoms with Crippen LogP contribution >= 0.6 is 35.0 Å². The summed E-state index contributed by atoms with van der Waals surface area (Å²) in [5.41, 5.74) is 3.41. The molecule has 1 heterocycles. The first-order valence-corrected chi connectivity index (χ1v) is 12.4. The van der Waals surface area contributed by atoms with E-state index in [4.69, 9.17) is 23.2 Å². The molecule has 0 saturated carbocycles. The van der Waals surface area contributed by atoms with Crippen LogP contribution in [0.3, 0.4) is 0 Å². The number of non-ortho nitro benzene ring substituents is 1. The van der Waals surface area contributed by atoms with E-state index in [1.54, 1.807) is 34.9 Å². The average molecular weight is 543 g/mol. The summed E-state index contributed by atoms with van der Waals surface area (Å²) in [6, 6.07) is 18.4. The summed E-state index contributed by atoms with van der Waals surface area (Å²) in [4.78, 5) is 23.1. The molecule has 0 spiro atoms. The van der Waals surface area contributed by atoms with Gasteiger partial charge in [-0.15, -0.1) is 10.2 Å². The number of carbonyl (C=O) groups is 1. The van der Waals surface area contributed by atoms with Gasteiger partial charge in [0, 0.05) is 29.3 Å². The first-order valence-electron chi connectivity index (χ1n) is 10.7. The maximum atomic E-state index is 12.5. The van der Waals surface area contributed by atoms with Gasteiger partial charge in [0.15, 0.2) is 11.0 Å². The number of carbonyl (C=O) groups excluding carboxylic acids is 1. The van der Waals surface area contributed by atoms with Crippen molar-refractivity contribution in [3.8, 4) is 5.69 Å². The number of nitro benzene ring substituents is 1. The molecule has 0 radical (unpaired) electrons. The lowest BCUT2D eigenvalue weighted by Gasteiger charge is -2.12. The van der Waals surface area contributed by atoms with Crippen LogP contribution in [0.2, 0.25) is 10.0 Å². The number of nitro groups is 1. The summed E-state index contributed by atoms with van der Waals surface area (Å²) in [7, 11) is 0. The smallest absolute Gasteiger partial charge is 0.319 e. The van der Waals surface area contributed by atoms with Crippen LogP contribution in [0.25, 0.3) is 5.69 Å². The van der Waals surface area contributed by atoms with Gasteiger partial charge in [-0.1, -0.05) is 59.2 Å². The lowest BCUT2D eigenvalue weighted by molar-refractivity contribution is -0.384. The van der Waals surface area contributed by atoms with Crippen LogP contribution in [-0.2, 0) is 12.3 Å². The van der Waals surface area contributed by atoms with Crippen LogP contribution in [0.5, 0.6) is 0 Å². The Morgan fingerprint density at radius 2 is 1.81 bits per heavy atom. The number of amides is 2. The summed E-state index contributed by atoms with van der Waals surface area (Å²) in [6.07, 6.45) is 0. The minimum atomic E-state index is -0.472. The van der Waals surface area contributed by atoms with Crippen molar-refractivity contribution in [2.75, 3.05) is 5.32 Å². The zero-order chi connectivity index (χ0) is 25.7. The third-order valence-electron chi connectivity index (χ3n) is 5.22. The van der Waals surface area contributed by atoms with Crippen LogP contribution in [-0.4, -0.2) is 25.7 Å². The highest BCUT2D eigenvalue weighted by molar-refractivity contribution is 7.98. The molecule has 36 heavy (non-hydrogen) atoms. The second-order valence-corrected chi connectivity index (χ2v) is 9.42. The van der Waals surface area contributed by atoms with E-state index in [0.29, 0.717) is 38.2 Å². The molecule has 4 aromatic rings. The van der Waals surface area contributed by atoms with Crippen molar-refractivity contribution in [2.45, 2.75) is 24.4 Å². The standard InChI is InChI=1S/C24H20Cl2N6O3S/c1-15-4-2-3-5-16(15)14-36-24-30-29-22(31(24)18-7-9-19(10-8-18)32(34)35)13-27-23(33)28-17-6-11-20(25)21(26)12-17/h2-12H,13-14H2,1H3,(H2,27,28,33). The first-order chi connectivity index (χ1) is 17.3. The minimum Gasteiger partial charge on any atom is -0.331 e. The molecule has 184 valence electrons. The van der Waals surface area contributed by atoms with Crippen LogP contribution in [0.4, 0.5) is 16.2 Å². The van der Waals surface area contributed by atoms with Crippen molar-refractivity contribution in [1.82, 2.24) is 20.1 Å². The van der Waals surface area contributed by atoms with Gasteiger partial charge in [-0.3, -0.25) is 14.7 Å². The van der Waals surface area contributed by atoms with E-state index in [0.717, 1.165) is 11.1 Å². The van der Waals surface area contributed by atoms with Crippen LogP contribution < -0.4 is 10.6 Å². The van der Waals surface area contributed by atoms with E-state index in [2.05, 4.69) is 20.8 Å². The molecule has 9 nitrogen and oxygen atoms in total. The van der Waals surface area contributed by atoms with E-state index in [1.807, 2.05) is 31.2 Å². The Kier molecular flexibility index (Phi) is 8.09. The molecule has 0 saturated heterocycles. The maximum Gasteiger partial charge on any atom is 0.319 e. The highest BCUT2D eigenvalue weighted by Crippen LogP contribution is 2.28. The Morgan fingerprint density at radius 3 is 2.50 bits per heavy atom. The molecule has 0 fully saturated rings. The van der Waals surface area contributed by atoms with Gasteiger partial charge >= 0.3 is 6.03 Å². The van der Waals surface area contributed by atoms with Gasteiger partial charge in [0.2, 0.25) is 0 Å². The average Bonchev–Trinajstić information content (AvgIpc) is 3.27. The normalized spacial score (nSPS) is 10.8. The predicted molar refractivity (Wildman–Crippen MR) is 141 cm³/mol. The second kappa shape index (κ2) is 11.4. The Labute approximate surface area is 221 Å². The van der Waals surface area contributed by atoms with Gasteiger partial charge < -0.3 is 10.6 Å². The number of urea groups is 1. The number of benzene rings is 3. The molecule has 2 amide bonds. The van der Waals surface area contributed by atoms with E-state index in [9.17, 15) is 14.9 Å². The van der Waals surface area contributed by atoms with Crippen LogP contribution in [0.15, 0.2) is 71.9 Å². The number of rotatable bonds is 8. The topological polar surface area (TPSA) is 115 Å². The van der Waals surface area contributed by atoms with E-state index >= 15 is 0 Å². The van der Waals surface area contributed by atoms with Gasteiger partial charge in [-0.05, 0) is 48.4 Å². The number of aromatic nitrogens is 3. The zero-order valence-corrected chi connectivity index (χ0v) is 21.3. The molecule has 0 unspecified atom stereocenters. The molecule has 0 atom stereocenters. The number of aryl methyl sites for hydroxylation is 1. The Hall–Kier alpha value is -3.60. The molecule has 1 aromatic heterocycles. The molecule has 3 aromatic carbocycles. The molecule has 0 aliphatic heterocycles. The van der Waals surface area contributed by atoms with Crippen molar-refractivity contribution in [3.05, 3.63) is 104 Å². The molecule has 2 N–H and O–H groups in total. The number of anilines is 1. The zero-order valence-electron chi connectivity index (χ0n) is 18.9. The summed E-state index contributed by atoms with van der Waals surface area (Å²) in [5, 5.41) is 26.4. The highest BCUT2D eigenvalue weighted by atomic mass is 35.5. The number of hydrogen-bond acceptors (Lipinski definition) is 6. The van der Waals surface area contributed by atoms with E-state index in [1.165, 1.54) is 23.9 Å². The van der Waals surface area contributed by atoms with Gasteiger partial charge in [0.25, 0.3) is 5.69 Å². The Morgan fingerprint density at radius 1 is 1.06 bits per heavy atom. The Balaban J connectivity index is 1.54. The molecular weight excluding hydrogens is 523 g/mol. The monoisotopic (exact) mass is 542 g/mol. The second-order valence-electron chi connectivity index (χ2n) is 7.66. The minimum absolute atomic E-state index is 0.0263. The van der Waals surface area contributed by atoms with E-state index < -0.39 is 11.0 Å². The quantitative estimate of drug-likeness (QED) is 0.151. The molecule has 4 rings (SSSR count). The predicted octanol–water partition coefficient (Wildman–Crippen LogP) is 6.40. The van der Waals surface area contributed by atoms with Gasteiger partial charge in [0.1, 0.15) is 0 Å². The summed E-state index contributed by atoms with van der Waals surface area (Å²) in [6.45, 7) is 2.10. The van der Waals surface area contributed by atoms with Crippen molar-refractivity contribution in [1.29, 1.82) is 0 Å². The van der Waals surface area contributed by atoms with Crippen molar-refractivity contribution in [2.24, 2.45) is 0 Å². The maximum absolute atomic E-state index is 12.5. The number of halogens is 2. The number of thioether (sulfide) groups is 1. The third kappa shape index (κ3) is 6.14. The van der Waals surface area contributed by atoms with Gasteiger partial charge in [-0.2, -0.15) is 0 Å². The molecule has 0 aliphatic rings. The fraction of sp³-hybridized carbons (Fsp3) is 0.125. The summed E-state index contributed by atoms with van der Waals surface area (Å²) < 4.78 is 1.77. The molecule has 0 bridgehead atoms. The molecule has 0 aliphatic carbocycles. The van der Waals surface area contributed by atoms with Crippen molar-refractivity contribution < 1.29 is 9.72 Å². The lowest BCUT2D eigenvalue weighted by Crippen LogP contribution is -2.29. The van der Waals surface area contributed by atoms with Crippen LogP contribution in [0.1, 0.15) is 17.0 Å². The fourth-order valence-corrected chi connectivity index (χ4v) is 4.66. The highest BCUT2D eigenvalue weighted by Gasteiger charge is 2.17. The van der Waals surface area contributed by atoms with Crippen molar-refractivity contribution in [3.63, 3.8) is 0 Å². The lowest BCUT2D eigenvalue weighted by atomic mass is 10.1. The molecular formula is C24H20Cl2N6O3S. The fourth-order valence-electron chi connectivity index (χ4n) is 3.31. The summed E-state index contributed by atoms with van der Waals surface area (Å²) >= 11 is 13.4. The van der Waals surface area contributed by atoms with Gasteiger partial charge in [-0.25, -0.2) is 4.79 Å². The number of nitrogens with one attached hydrogen (secondary N) is 2. The largest absolute Gasteiger partial charge is 0.331 e. The Bertz CT molecular complexity index is 1410. The number of hydrogen-bond donors (Lipinski definition) is 2. The third-order valence-corrected chi connectivity index (χ3v) is 6.94. The van der Waals surface area contributed by atoms with Crippen LogP contribution in [0, 0.1) is 17.0 Å². The van der Waals surface area contributed by atoms with E-state index in [-0.39, 0.29) is 12.2 Å². The summed E-state index contributed by atoms with van der Waals surface area (Å²) in [5.74, 6) is 1.11. The van der Waals surface area contributed by atoms with Gasteiger partial charge in [0.05, 0.1) is 21.5 Å². The first kappa shape index (κ1) is 25.5. The molecule has 12 heteroatoms. The van der Waals surface area contributed by atoms with Crippen molar-refractivity contribution >= 4 is 52.4 Å².